The summed E-state index contributed by atoms with van der Waals surface area (Å²) in [6.45, 7) is 1.33. The van der Waals surface area contributed by atoms with Crippen molar-refractivity contribution in [2.24, 2.45) is 5.92 Å². The van der Waals surface area contributed by atoms with E-state index in [0.29, 0.717) is 5.56 Å². The van der Waals surface area contributed by atoms with Gasteiger partial charge < -0.3 is 19.5 Å². The van der Waals surface area contributed by atoms with Crippen LogP contribution in [0.1, 0.15) is 25.3 Å². The van der Waals surface area contributed by atoms with Gasteiger partial charge in [0, 0.05) is 18.6 Å². The van der Waals surface area contributed by atoms with E-state index in [1.165, 1.54) is 38.3 Å². The van der Waals surface area contributed by atoms with Crippen LogP contribution in [0.2, 0.25) is 0 Å². The van der Waals surface area contributed by atoms with Crippen molar-refractivity contribution >= 4 is 29.5 Å². The number of non-ortho nitro benzene ring substituents is 1. The second-order valence-electron chi connectivity index (χ2n) is 6.42. The number of nitro groups is 1. The average molecular weight is 408 g/mol. The van der Waals surface area contributed by atoms with Crippen molar-refractivity contribution in [3.05, 3.63) is 39.9 Å². The number of methoxy groups -OCH3 is 1. The molecule has 1 aliphatic rings. The zero-order valence-corrected chi connectivity index (χ0v) is 15.8. The van der Waals surface area contributed by atoms with Gasteiger partial charge in [-0.1, -0.05) is 0 Å². The summed E-state index contributed by atoms with van der Waals surface area (Å²) in [4.78, 5) is 56.6. The lowest BCUT2D eigenvalue weighted by atomic mass is 9.82. The maximum Gasteiger partial charge on any atom is 0.508 e. The third-order valence-electron chi connectivity index (χ3n) is 4.37. The molecule has 1 aromatic carbocycles. The molecule has 1 aliphatic heterocycles. The molecule has 0 radical (unpaired) electrons. The number of rotatable bonds is 9. The Morgan fingerprint density at radius 1 is 1.24 bits per heavy atom. The number of ketones is 1. The summed E-state index contributed by atoms with van der Waals surface area (Å²) in [7, 11) is 1.17. The molecule has 0 aromatic heterocycles. The van der Waals surface area contributed by atoms with Gasteiger partial charge in [-0.05, 0) is 24.6 Å². The predicted octanol–water partition coefficient (Wildman–Crippen LogP) is 1.27. The smallest absolute Gasteiger partial charge is 0.469 e. The third-order valence-corrected chi connectivity index (χ3v) is 4.37. The Morgan fingerprint density at radius 3 is 2.45 bits per heavy atom. The van der Waals surface area contributed by atoms with Gasteiger partial charge in [0.2, 0.25) is 5.91 Å². The fraction of sp³-hybridized carbons (Fsp3) is 0.444. The Kier molecular flexibility index (Phi) is 7.23. The van der Waals surface area contributed by atoms with Gasteiger partial charge in [-0.2, -0.15) is 0 Å². The van der Waals surface area contributed by atoms with Gasteiger partial charge in [0.1, 0.15) is 24.9 Å². The molecule has 11 heteroatoms. The predicted molar refractivity (Wildman–Crippen MR) is 95.5 cm³/mol. The second kappa shape index (κ2) is 9.62. The van der Waals surface area contributed by atoms with Crippen LogP contribution in [-0.2, 0) is 35.2 Å². The van der Waals surface area contributed by atoms with Crippen molar-refractivity contribution in [3.8, 4) is 0 Å². The van der Waals surface area contributed by atoms with Gasteiger partial charge in [-0.3, -0.25) is 24.5 Å². The normalized spacial score (nSPS) is 18.6. The van der Waals surface area contributed by atoms with E-state index in [0.717, 1.165) is 0 Å². The SMILES string of the molecule is COC(=O)CC(=O)C[C@H]1NC(=O)[C@@H]1C(C)OC(=O)OCc1ccc([N+](=O)[O-])cc1. The Bertz CT molecular complexity index is 806. The van der Waals surface area contributed by atoms with Crippen molar-refractivity contribution in [3.63, 3.8) is 0 Å². The number of nitrogens with zero attached hydrogens (tertiary/aromatic N) is 1. The highest BCUT2D eigenvalue weighted by molar-refractivity contribution is 5.97. The van der Waals surface area contributed by atoms with Crippen molar-refractivity contribution in [2.75, 3.05) is 7.11 Å². The van der Waals surface area contributed by atoms with E-state index in [2.05, 4.69) is 10.1 Å². The molecular formula is C18H20N2O9. The molecule has 0 spiro atoms. The van der Waals surface area contributed by atoms with E-state index in [1.807, 2.05) is 0 Å². The van der Waals surface area contributed by atoms with Crippen LogP contribution in [0.3, 0.4) is 0 Å². The highest BCUT2D eigenvalue weighted by atomic mass is 16.7. The molecule has 0 bridgehead atoms. The molecule has 0 saturated carbocycles. The number of carbonyl (C=O) groups is 4. The fourth-order valence-electron chi connectivity index (χ4n) is 2.84. The van der Waals surface area contributed by atoms with Crippen LogP contribution in [-0.4, -0.2) is 48.0 Å². The Hall–Kier alpha value is -3.50. The van der Waals surface area contributed by atoms with Crippen molar-refractivity contribution in [2.45, 2.75) is 38.5 Å². The summed E-state index contributed by atoms with van der Waals surface area (Å²) in [6, 6.07) is 4.88. The zero-order valence-electron chi connectivity index (χ0n) is 15.8. The van der Waals surface area contributed by atoms with Gasteiger partial charge in [0.25, 0.3) is 5.69 Å². The topological polar surface area (TPSA) is 151 Å². The first-order valence-corrected chi connectivity index (χ1v) is 8.67. The van der Waals surface area contributed by atoms with Gasteiger partial charge in [0.15, 0.2) is 0 Å². The molecule has 1 N–H and O–H groups in total. The molecule has 3 atom stereocenters. The Labute approximate surface area is 165 Å². The highest BCUT2D eigenvalue weighted by Gasteiger charge is 2.45. The summed E-state index contributed by atoms with van der Waals surface area (Å²) in [5.41, 5.74) is 0.432. The number of amides is 1. The van der Waals surface area contributed by atoms with E-state index >= 15 is 0 Å². The zero-order chi connectivity index (χ0) is 21.6. The number of carbonyl (C=O) groups excluding carboxylic acids is 4. The third kappa shape index (κ3) is 5.99. The minimum absolute atomic E-state index is 0.0863. The molecule has 1 amide bonds. The molecular weight excluding hydrogens is 388 g/mol. The average Bonchev–Trinajstić information content (AvgIpc) is 2.65. The summed E-state index contributed by atoms with van der Waals surface area (Å²) >= 11 is 0. The molecule has 1 unspecified atom stereocenters. The quantitative estimate of drug-likeness (QED) is 0.209. The molecule has 29 heavy (non-hydrogen) atoms. The van der Waals surface area contributed by atoms with Crippen LogP contribution in [0.5, 0.6) is 0 Å². The lowest BCUT2D eigenvalue weighted by Gasteiger charge is -2.39. The van der Waals surface area contributed by atoms with Crippen LogP contribution >= 0.6 is 0 Å². The van der Waals surface area contributed by atoms with Crippen molar-refractivity contribution in [1.29, 1.82) is 0 Å². The molecule has 2 rings (SSSR count). The maximum atomic E-state index is 11.9. The van der Waals surface area contributed by atoms with Crippen LogP contribution in [0.15, 0.2) is 24.3 Å². The van der Waals surface area contributed by atoms with Crippen LogP contribution in [0.4, 0.5) is 10.5 Å². The molecule has 11 nitrogen and oxygen atoms in total. The molecule has 1 heterocycles. The minimum atomic E-state index is -1.02. The summed E-state index contributed by atoms with van der Waals surface area (Å²) < 4.78 is 14.5. The number of hydrogen-bond donors (Lipinski definition) is 1. The van der Waals surface area contributed by atoms with Crippen molar-refractivity contribution in [1.82, 2.24) is 5.32 Å². The Balaban J connectivity index is 1.81. The monoisotopic (exact) mass is 408 g/mol. The standard InChI is InChI=1S/C18H20N2O9/c1-10(16-14(19-17(16)23)7-13(21)8-15(22)27-2)29-18(24)28-9-11-3-5-12(6-4-11)20(25)26/h3-6,10,14,16H,7-9H2,1-2H3,(H,19,23)/t10?,14-,16-/m1/s1. The van der Waals surface area contributed by atoms with Gasteiger partial charge in [-0.25, -0.2) is 4.79 Å². The first kappa shape index (κ1) is 21.8. The van der Waals surface area contributed by atoms with Crippen LogP contribution in [0, 0.1) is 16.0 Å². The number of β-lactam (4-membered cyclic amide) rings is 1. The van der Waals surface area contributed by atoms with E-state index < -0.39 is 47.3 Å². The molecule has 156 valence electrons. The van der Waals surface area contributed by atoms with E-state index in [9.17, 15) is 29.3 Å². The van der Waals surface area contributed by atoms with Crippen molar-refractivity contribution < 1.29 is 38.3 Å². The number of ether oxygens (including phenoxy) is 3. The maximum absolute atomic E-state index is 11.9. The largest absolute Gasteiger partial charge is 0.508 e. The van der Waals surface area contributed by atoms with Gasteiger partial charge in [-0.15, -0.1) is 0 Å². The first-order valence-electron chi connectivity index (χ1n) is 8.67. The highest BCUT2D eigenvalue weighted by Crippen LogP contribution is 2.25. The number of nitro benzene ring substituents is 1. The molecule has 1 fully saturated rings. The lowest BCUT2D eigenvalue weighted by Crippen LogP contribution is -2.63. The molecule has 1 aromatic rings. The Morgan fingerprint density at radius 2 is 1.90 bits per heavy atom. The van der Waals surface area contributed by atoms with E-state index in [-0.39, 0.29) is 24.6 Å². The van der Waals surface area contributed by atoms with E-state index in [4.69, 9.17) is 9.47 Å². The summed E-state index contributed by atoms with van der Waals surface area (Å²) in [5.74, 6) is -2.20. The number of hydrogen-bond acceptors (Lipinski definition) is 9. The molecule has 0 aliphatic carbocycles. The van der Waals surface area contributed by atoms with Gasteiger partial charge in [0.05, 0.1) is 24.0 Å². The summed E-state index contributed by atoms with van der Waals surface area (Å²) in [6.07, 6.45) is -2.36. The van der Waals surface area contributed by atoms with Gasteiger partial charge >= 0.3 is 12.1 Å². The fourth-order valence-corrected chi connectivity index (χ4v) is 2.84. The number of Topliss-reactive ketones (excluding diaryl/α,β-unsaturated/α-hetero) is 1. The number of esters is 1. The summed E-state index contributed by atoms with van der Waals surface area (Å²) in [5, 5.41) is 13.2. The van der Waals surface area contributed by atoms with E-state index in [1.54, 1.807) is 0 Å². The molecule has 1 saturated heterocycles. The van der Waals surface area contributed by atoms with Crippen LogP contribution in [0.25, 0.3) is 0 Å². The number of nitrogens with one attached hydrogen (secondary N) is 1. The number of benzene rings is 1. The van der Waals surface area contributed by atoms with Crippen LogP contribution < -0.4 is 5.32 Å². The first-order chi connectivity index (χ1) is 13.7. The lowest BCUT2D eigenvalue weighted by molar-refractivity contribution is -0.384. The minimum Gasteiger partial charge on any atom is -0.469 e. The second-order valence-corrected chi connectivity index (χ2v) is 6.42.